The van der Waals surface area contributed by atoms with Gasteiger partial charge in [-0.15, -0.1) is 0 Å². The van der Waals surface area contributed by atoms with Gasteiger partial charge in [0.1, 0.15) is 0 Å². The highest BCUT2D eigenvalue weighted by molar-refractivity contribution is 4.33. The molecule has 0 radical (unpaired) electrons. The Morgan fingerprint density at radius 2 is 0.562 bits per heavy atom. The van der Waals surface area contributed by atoms with E-state index in [1.54, 1.807) is 0 Å². The molecule has 0 atom stereocenters. The van der Waals surface area contributed by atoms with Gasteiger partial charge in [0.15, 0.2) is 0 Å². The third-order valence-corrected chi connectivity index (χ3v) is 1.63. The maximum atomic E-state index is 2.22. The highest BCUT2D eigenvalue weighted by atomic mass is 13.9. The van der Waals surface area contributed by atoms with Gasteiger partial charge in [-0.25, -0.2) is 0 Å². The Morgan fingerprint density at radius 1 is 0.500 bits per heavy atom. The highest BCUT2D eigenvalue weighted by Crippen LogP contribution is 1.94. The van der Waals surface area contributed by atoms with Gasteiger partial charge in [0.2, 0.25) is 0 Å². The average Bonchev–Trinajstić information content (AvgIpc) is 2.21. The molecule has 0 heteroatoms. The van der Waals surface area contributed by atoms with E-state index in [1.165, 1.54) is 25.7 Å². The van der Waals surface area contributed by atoms with Crippen molar-refractivity contribution in [1.29, 1.82) is 0 Å². The van der Waals surface area contributed by atoms with Crippen molar-refractivity contribution in [2.45, 2.75) is 94.9 Å². The minimum Gasteiger partial charge on any atom is -0.0656 e. The number of hydrogen-bond donors (Lipinski definition) is 0. The molecule has 0 rings (SSSR count). The fourth-order valence-electron chi connectivity index (χ4n) is 0. The minimum atomic E-state index is 0.884. The maximum absolute atomic E-state index is 2.22. The fourth-order valence-corrected chi connectivity index (χ4v) is 0. The second-order valence-corrected chi connectivity index (χ2v) is 5.02. The molecule has 0 saturated carbocycles. The monoisotopic (exact) mass is 232 g/mol. The van der Waals surface area contributed by atoms with Crippen LogP contribution < -0.4 is 0 Å². The summed E-state index contributed by atoms with van der Waals surface area (Å²) in [4.78, 5) is 0. The predicted molar refractivity (Wildman–Crippen MR) is 82.2 cm³/mol. The molecule has 0 spiro atoms. The topological polar surface area (TPSA) is 0 Å². The van der Waals surface area contributed by atoms with Gasteiger partial charge >= 0.3 is 0 Å². The minimum absolute atomic E-state index is 0.884. The van der Waals surface area contributed by atoms with Crippen molar-refractivity contribution in [2.75, 3.05) is 0 Å². The third-order valence-electron chi connectivity index (χ3n) is 1.63. The first-order valence-corrected chi connectivity index (χ1v) is 7.37. The Morgan fingerprint density at radius 3 is 0.562 bits per heavy atom. The second kappa shape index (κ2) is 29.4. The van der Waals surface area contributed by atoms with E-state index in [4.69, 9.17) is 0 Å². The summed E-state index contributed by atoms with van der Waals surface area (Å²) in [5.74, 6) is 1.77. The Kier molecular flexibility index (Phi) is 45.9. The molecule has 0 aromatic carbocycles. The zero-order valence-corrected chi connectivity index (χ0v) is 14.0. The molecule has 0 bridgehead atoms. The molecule has 0 fully saturated rings. The average molecular weight is 232 g/mol. The summed E-state index contributed by atoms with van der Waals surface area (Å²) in [5, 5.41) is 0. The van der Waals surface area contributed by atoms with Crippen LogP contribution in [0.1, 0.15) is 94.9 Å². The first-order chi connectivity index (χ1) is 7.37. The standard InChI is InChI=1S/2C5H12.2C3H8/c2*1-4-5(2)3;2*1-3-2/h2*5H,4H2,1-3H3;2*3H2,1-2H3. The van der Waals surface area contributed by atoms with Crippen LogP contribution in [0.15, 0.2) is 0 Å². The van der Waals surface area contributed by atoms with Gasteiger partial charge in [0.05, 0.1) is 0 Å². The molecule has 0 N–H and O–H groups in total. The lowest BCUT2D eigenvalue weighted by molar-refractivity contribution is 0.626. The van der Waals surface area contributed by atoms with Crippen molar-refractivity contribution in [3.63, 3.8) is 0 Å². The van der Waals surface area contributed by atoms with Crippen LogP contribution in [0, 0.1) is 11.8 Å². The van der Waals surface area contributed by atoms with E-state index >= 15 is 0 Å². The van der Waals surface area contributed by atoms with Crippen molar-refractivity contribution >= 4 is 0 Å². The molecule has 0 aliphatic heterocycles. The Bertz CT molecular complexity index is 52.4. The van der Waals surface area contributed by atoms with Crippen LogP contribution >= 0.6 is 0 Å². The molecule has 104 valence electrons. The Balaban J connectivity index is -0.0000000621. The summed E-state index contributed by atoms with van der Waals surface area (Å²) >= 11 is 0. The normalized spacial score (nSPS) is 8.25. The molecule has 0 aromatic rings. The van der Waals surface area contributed by atoms with Crippen LogP contribution in [0.2, 0.25) is 0 Å². The van der Waals surface area contributed by atoms with Crippen LogP contribution in [-0.2, 0) is 0 Å². The second-order valence-electron chi connectivity index (χ2n) is 5.02. The SMILES string of the molecule is CCC.CCC.CCC(C)C.CCC(C)C. The van der Waals surface area contributed by atoms with Crippen LogP contribution in [0.4, 0.5) is 0 Å². The molecule has 0 saturated heterocycles. The van der Waals surface area contributed by atoms with Crippen molar-refractivity contribution in [1.82, 2.24) is 0 Å². The molecule has 0 heterocycles. The van der Waals surface area contributed by atoms with Crippen molar-refractivity contribution in [3.05, 3.63) is 0 Å². The van der Waals surface area contributed by atoms with Gasteiger partial charge in [-0.05, 0) is 11.8 Å². The zero-order chi connectivity index (χ0) is 14.0. The smallest absolute Gasteiger partial charge is 0.0474 e. The molecular weight excluding hydrogens is 192 g/mol. The molecule has 0 amide bonds. The molecule has 0 aromatic heterocycles. The van der Waals surface area contributed by atoms with Gasteiger partial charge in [-0.3, -0.25) is 0 Å². The lowest BCUT2D eigenvalue weighted by atomic mass is 10.2. The van der Waals surface area contributed by atoms with Crippen molar-refractivity contribution in [2.24, 2.45) is 11.8 Å². The first kappa shape index (κ1) is 25.0. The highest BCUT2D eigenvalue weighted by Gasteiger charge is 1.80. The number of hydrogen-bond acceptors (Lipinski definition) is 0. The lowest BCUT2D eigenvalue weighted by Crippen LogP contribution is -1.77. The molecule has 0 nitrogen and oxygen atoms in total. The molecule has 0 aliphatic rings. The van der Waals surface area contributed by atoms with E-state index in [9.17, 15) is 0 Å². The molecule has 0 unspecified atom stereocenters. The van der Waals surface area contributed by atoms with Crippen molar-refractivity contribution < 1.29 is 0 Å². The summed E-state index contributed by atoms with van der Waals surface area (Å²) < 4.78 is 0. The quantitative estimate of drug-likeness (QED) is 0.484. The van der Waals surface area contributed by atoms with Gasteiger partial charge in [-0.1, -0.05) is 94.9 Å². The maximum Gasteiger partial charge on any atom is -0.0474 e. The van der Waals surface area contributed by atoms with E-state index < -0.39 is 0 Å². The fraction of sp³-hybridized carbons (Fsp3) is 1.00. The zero-order valence-electron chi connectivity index (χ0n) is 14.0. The van der Waals surface area contributed by atoms with E-state index in [1.807, 2.05) is 0 Å². The lowest BCUT2D eigenvalue weighted by Gasteiger charge is -1.90. The molecule has 16 heavy (non-hydrogen) atoms. The van der Waals surface area contributed by atoms with Crippen LogP contribution in [0.5, 0.6) is 0 Å². The largest absolute Gasteiger partial charge is 0.0656 e. The Labute approximate surface area is 107 Å². The van der Waals surface area contributed by atoms with Gasteiger partial charge in [0.25, 0.3) is 0 Å². The molecule has 0 aliphatic carbocycles. The van der Waals surface area contributed by atoms with Gasteiger partial charge < -0.3 is 0 Å². The summed E-state index contributed by atoms with van der Waals surface area (Å²) in [6.45, 7) is 21.8. The van der Waals surface area contributed by atoms with Gasteiger partial charge in [0, 0.05) is 0 Å². The third kappa shape index (κ3) is 148. The summed E-state index contributed by atoms with van der Waals surface area (Å²) in [7, 11) is 0. The predicted octanol–water partition coefficient (Wildman–Crippen LogP) is 6.94. The van der Waals surface area contributed by atoms with Crippen molar-refractivity contribution in [3.8, 4) is 0 Å². The van der Waals surface area contributed by atoms with Gasteiger partial charge in [-0.2, -0.15) is 0 Å². The van der Waals surface area contributed by atoms with Crippen LogP contribution in [0.3, 0.4) is 0 Å². The Hall–Kier alpha value is 0. The molecular formula is C16H40. The van der Waals surface area contributed by atoms with E-state index in [2.05, 4.69) is 69.2 Å². The summed E-state index contributed by atoms with van der Waals surface area (Å²) in [5.41, 5.74) is 0. The summed E-state index contributed by atoms with van der Waals surface area (Å²) in [6.07, 6.45) is 5.11. The van der Waals surface area contributed by atoms with E-state index in [-0.39, 0.29) is 0 Å². The van der Waals surface area contributed by atoms with Crippen LogP contribution in [-0.4, -0.2) is 0 Å². The van der Waals surface area contributed by atoms with E-state index in [0.29, 0.717) is 0 Å². The number of rotatable bonds is 2. The summed E-state index contributed by atoms with van der Waals surface area (Å²) in [6, 6.07) is 0. The first-order valence-electron chi connectivity index (χ1n) is 7.37. The van der Waals surface area contributed by atoms with E-state index in [0.717, 1.165) is 11.8 Å². The van der Waals surface area contributed by atoms with Crippen LogP contribution in [0.25, 0.3) is 0 Å².